The average molecular weight is 397 g/mol. The first-order valence-electron chi connectivity index (χ1n) is 12.3. The lowest BCUT2D eigenvalue weighted by atomic mass is 9.44. The van der Waals surface area contributed by atoms with E-state index in [0.29, 0.717) is 11.3 Å². The van der Waals surface area contributed by atoms with E-state index < -0.39 is 5.60 Å². The highest BCUT2D eigenvalue weighted by molar-refractivity contribution is 5.18. The second-order valence-electron chi connectivity index (χ2n) is 11.6. The number of fused-ring (bicyclic) bond motifs is 5. The van der Waals surface area contributed by atoms with Crippen molar-refractivity contribution in [2.45, 2.75) is 96.2 Å². The molecule has 5 rings (SSSR count). The number of benzene rings is 1. The highest BCUT2D eigenvalue weighted by Crippen LogP contribution is 2.68. The van der Waals surface area contributed by atoms with Gasteiger partial charge in [-0.25, -0.2) is 0 Å². The Hall–Kier alpha value is -0.860. The van der Waals surface area contributed by atoms with Crippen LogP contribution < -0.4 is 0 Å². The zero-order valence-electron chi connectivity index (χ0n) is 18.4. The van der Waals surface area contributed by atoms with Crippen molar-refractivity contribution in [2.75, 3.05) is 0 Å². The summed E-state index contributed by atoms with van der Waals surface area (Å²) in [6, 6.07) is 10.7. The van der Waals surface area contributed by atoms with Crippen LogP contribution in [-0.4, -0.2) is 21.9 Å². The van der Waals surface area contributed by atoms with E-state index in [0.717, 1.165) is 49.9 Å². The van der Waals surface area contributed by atoms with Crippen molar-refractivity contribution in [1.82, 2.24) is 0 Å². The highest BCUT2D eigenvalue weighted by Gasteiger charge is 2.64. The maximum absolute atomic E-state index is 11.9. The molecule has 0 heterocycles. The maximum Gasteiger partial charge on any atom is 0.0707 e. The predicted molar refractivity (Wildman–Crippen MR) is 117 cm³/mol. The van der Waals surface area contributed by atoms with Gasteiger partial charge in [-0.05, 0) is 111 Å². The molecular weight excluding hydrogens is 356 g/mol. The molecular formula is C27H40O2. The number of rotatable bonds is 3. The largest absolute Gasteiger partial charge is 0.393 e. The van der Waals surface area contributed by atoms with Gasteiger partial charge in [0.1, 0.15) is 0 Å². The van der Waals surface area contributed by atoms with E-state index in [1.165, 1.54) is 44.1 Å². The summed E-state index contributed by atoms with van der Waals surface area (Å²) in [7, 11) is 0. The van der Waals surface area contributed by atoms with E-state index in [1.54, 1.807) is 0 Å². The van der Waals surface area contributed by atoms with Crippen molar-refractivity contribution in [3.8, 4) is 0 Å². The summed E-state index contributed by atoms with van der Waals surface area (Å²) in [6.07, 6.45) is 12.4. The lowest BCUT2D eigenvalue weighted by molar-refractivity contribution is -0.160. The zero-order chi connectivity index (χ0) is 20.3. The molecule has 4 aliphatic carbocycles. The number of aliphatic hydroxyl groups excluding tert-OH is 1. The summed E-state index contributed by atoms with van der Waals surface area (Å²) >= 11 is 0. The van der Waals surface area contributed by atoms with E-state index in [4.69, 9.17) is 0 Å². The van der Waals surface area contributed by atoms with Crippen LogP contribution >= 0.6 is 0 Å². The minimum Gasteiger partial charge on any atom is -0.393 e. The summed E-state index contributed by atoms with van der Waals surface area (Å²) in [5.74, 6) is 3.00. The molecule has 2 nitrogen and oxygen atoms in total. The zero-order valence-corrected chi connectivity index (χ0v) is 18.4. The molecule has 4 saturated carbocycles. The van der Waals surface area contributed by atoms with Crippen LogP contribution in [0.25, 0.3) is 0 Å². The SMILES string of the molecule is C[C@]12CC[C@@H](O)C[C@@H]1CC[C@@H]1[C@@H]2CC[C@@]2(C)[C@H]1CC[C@@]2(O)CCc1ccccc1. The fourth-order valence-corrected chi connectivity index (χ4v) is 8.75. The van der Waals surface area contributed by atoms with Gasteiger partial charge in [-0.15, -0.1) is 0 Å². The van der Waals surface area contributed by atoms with Crippen LogP contribution in [-0.2, 0) is 6.42 Å². The van der Waals surface area contributed by atoms with Gasteiger partial charge < -0.3 is 10.2 Å². The van der Waals surface area contributed by atoms with Crippen LogP contribution in [0.1, 0.15) is 83.6 Å². The van der Waals surface area contributed by atoms with Crippen LogP contribution in [0, 0.1) is 34.5 Å². The monoisotopic (exact) mass is 396 g/mol. The number of aryl methyl sites for hydroxylation is 1. The summed E-state index contributed by atoms with van der Waals surface area (Å²) in [4.78, 5) is 0. The Bertz CT molecular complexity index is 731. The molecule has 0 aromatic heterocycles. The van der Waals surface area contributed by atoms with Crippen LogP contribution in [0.2, 0.25) is 0 Å². The van der Waals surface area contributed by atoms with Gasteiger partial charge in [-0.2, -0.15) is 0 Å². The van der Waals surface area contributed by atoms with Crippen LogP contribution in [0.3, 0.4) is 0 Å². The van der Waals surface area contributed by atoms with Crippen molar-refractivity contribution in [3.05, 3.63) is 35.9 Å². The molecule has 0 amide bonds. The molecule has 0 saturated heterocycles. The number of hydrogen-bond acceptors (Lipinski definition) is 2. The molecule has 0 unspecified atom stereocenters. The van der Waals surface area contributed by atoms with Crippen LogP contribution in [0.15, 0.2) is 30.3 Å². The molecule has 29 heavy (non-hydrogen) atoms. The highest BCUT2D eigenvalue weighted by atomic mass is 16.3. The second kappa shape index (κ2) is 7.09. The molecule has 0 bridgehead atoms. The van der Waals surface area contributed by atoms with Crippen molar-refractivity contribution < 1.29 is 10.2 Å². The van der Waals surface area contributed by atoms with Gasteiger partial charge in [-0.1, -0.05) is 44.2 Å². The topological polar surface area (TPSA) is 40.5 Å². The Labute approximate surface area is 177 Å². The molecule has 0 spiro atoms. The van der Waals surface area contributed by atoms with Gasteiger partial charge in [-0.3, -0.25) is 0 Å². The molecule has 2 heteroatoms. The lowest BCUT2D eigenvalue weighted by Gasteiger charge is -2.61. The third-order valence-electron chi connectivity index (χ3n) is 10.6. The first-order chi connectivity index (χ1) is 13.9. The maximum atomic E-state index is 11.9. The van der Waals surface area contributed by atoms with E-state index >= 15 is 0 Å². The van der Waals surface area contributed by atoms with Gasteiger partial charge in [0.25, 0.3) is 0 Å². The fourth-order valence-electron chi connectivity index (χ4n) is 8.75. The van der Waals surface area contributed by atoms with E-state index in [1.807, 2.05) is 0 Å². The van der Waals surface area contributed by atoms with Gasteiger partial charge in [0.05, 0.1) is 11.7 Å². The first kappa shape index (κ1) is 20.1. The second-order valence-corrected chi connectivity index (χ2v) is 11.6. The molecule has 1 aromatic carbocycles. The molecule has 0 radical (unpaired) electrons. The van der Waals surface area contributed by atoms with E-state index in [2.05, 4.69) is 44.2 Å². The van der Waals surface area contributed by atoms with Gasteiger partial charge in [0.15, 0.2) is 0 Å². The van der Waals surface area contributed by atoms with Gasteiger partial charge in [0, 0.05) is 0 Å². The minimum absolute atomic E-state index is 0.0620. The van der Waals surface area contributed by atoms with E-state index in [9.17, 15) is 10.2 Å². The Balaban J connectivity index is 1.35. The number of hydrogen-bond donors (Lipinski definition) is 2. The summed E-state index contributed by atoms with van der Waals surface area (Å²) in [5, 5.41) is 22.1. The standard InChI is InChI=1S/C27H40O2/c1-25-14-11-21(28)18-20(25)8-9-22-23(25)12-15-26(2)24(22)13-17-27(26,29)16-10-19-6-4-3-5-7-19/h3-7,20-24,28-29H,8-18H2,1-2H3/t20-,21+,22+,23-,24-,25-,26-,27-/m0/s1. The normalized spacial score (nSPS) is 49.2. The van der Waals surface area contributed by atoms with Crippen molar-refractivity contribution in [1.29, 1.82) is 0 Å². The molecule has 4 fully saturated rings. The van der Waals surface area contributed by atoms with E-state index in [-0.39, 0.29) is 11.5 Å². The summed E-state index contributed by atoms with van der Waals surface area (Å²) in [6.45, 7) is 4.99. The molecule has 1 aromatic rings. The Morgan fingerprint density at radius 1 is 0.897 bits per heavy atom. The number of aliphatic hydroxyl groups is 2. The molecule has 0 aliphatic heterocycles. The summed E-state index contributed by atoms with van der Waals surface area (Å²) in [5.41, 5.74) is 1.36. The Morgan fingerprint density at radius 2 is 1.66 bits per heavy atom. The van der Waals surface area contributed by atoms with Crippen molar-refractivity contribution in [3.63, 3.8) is 0 Å². The lowest BCUT2D eigenvalue weighted by Crippen LogP contribution is -2.56. The average Bonchev–Trinajstić information content (AvgIpc) is 2.99. The van der Waals surface area contributed by atoms with Crippen molar-refractivity contribution >= 4 is 0 Å². The van der Waals surface area contributed by atoms with Crippen LogP contribution in [0.5, 0.6) is 0 Å². The third-order valence-corrected chi connectivity index (χ3v) is 10.6. The minimum atomic E-state index is -0.501. The van der Waals surface area contributed by atoms with Gasteiger partial charge in [0.2, 0.25) is 0 Å². The molecule has 4 aliphatic rings. The van der Waals surface area contributed by atoms with Crippen LogP contribution in [0.4, 0.5) is 0 Å². The third kappa shape index (κ3) is 3.04. The van der Waals surface area contributed by atoms with Gasteiger partial charge >= 0.3 is 0 Å². The smallest absolute Gasteiger partial charge is 0.0707 e. The van der Waals surface area contributed by atoms with Crippen molar-refractivity contribution in [2.24, 2.45) is 34.5 Å². The fraction of sp³-hybridized carbons (Fsp3) is 0.778. The molecule has 160 valence electrons. The predicted octanol–water partition coefficient (Wildman–Crippen LogP) is 5.75. The Morgan fingerprint density at radius 3 is 2.45 bits per heavy atom. The summed E-state index contributed by atoms with van der Waals surface area (Å²) < 4.78 is 0. The Kier molecular flexibility index (Phi) is 4.91. The first-order valence-corrected chi connectivity index (χ1v) is 12.3. The molecule has 2 N–H and O–H groups in total. The quantitative estimate of drug-likeness (QED) is 0.682. The molecule has 8 atom stereocenters.